The molecular formula is C13H17N5O4S. The highest BCUT2D eigenvalue weighted by Crippen LogP contribution is 2.23. The molecule has 2 aromatic rings. The van der Waals surface area contributed by atoms with Gasteiger partial charge >= 0.3 is 0 Å². The van der Waals surface area contributed by atoms with Crippen LogP contribution in [-0.4, -0.2) is 34.1 Å². The zero-order valence-electron chi connectivity index (χ0n) is 12.7. The summed E-state index contributed by atoms with van der Waals surface area (Å²) in [5, 5.41) is 14.8. The van der Waals surface area contributed by atoms with Crippen molar-refractivity contribution < 1.29 is 13.3 Å². The molecule has 0 bridgehead atoms. The van der Waals surface area contributed by atoms with Crippen LogP contribution in [-0.2, 0) is 23.0 Å². The third kappa shape index (κ3) is 4.11. The molecule has 1 aromatic heterocycles. The van der Waals surface area contributed by atoms with Crippen LogP contribution in [0.5, 0.6) is 0 Å². The number of aromatic nitrogens is 3. The van der Waals surface area contributed by atoms with Gasteiger partial charge < -0.3 is 0 Å². The SMILES string of the molecule is CCc1ccc([N+](=O)[O-])cc1S(=O)(=O)N[C@H](C)Cn1cncn1. The number of non-ortho nitro benzene ring substituents is 1. The number of nitro benzene ring substituents is 1. The summed E-state index contributed by atoms with van der Waals surface area (Å²) in [7, 11) is -3.88. The van der Waals surface area contributed by atoms with Gasteiger partial charge in [0.2, 0.25) is 10.0 Å². The average Bonchev–Trinajstić information content (AvgIpc) is 2.98. The number of hydrogen-bond donors (Lipinski definition) is 1. The van der Waals surface area contributed by atoms with Crippen LogP contribution in [0.1, 0.15) is 19.4 Å². The normalized spacial score (nSPS) is 13.0. The van der Waals surface area contributed by atoms with Crippen LogP contribution in [0.25, 0.3) is 0 Å². The number of aryl methyl sites for hydroxylation is 1. The van der Waals surface area contributed by atoms with Crippen LogP contribution in [0.4, 0.5) is 5.69 Å². The molecule has 0 spiro atoms. The zero-order chi connectivity index (χ0) is 17.0. The summed E-state index contributed by atoms with van der Waals surface area (Å²) in [5.41, 5.74) is 0.266. The number of sulfonamides is 1. The van der Waals surface area contributed by atoms with Crippen LogP contribution < -0.4 is 4.72 Å². The minimum Gasteiger partial charge on any atom is -0.258 e. The summed E-state index contributed by atoms with van der Waals surface area (Å²) < 4.78 is 29.1. The molecular weight excluding hydrogens is 322 g/mol. The standard InChI is InChI=1S/C13H17N5O4S/c1-3-11-4-5-12(18(19)20)6-13(11)23(21,22)16-10(2)7-17-9-14-8-15-17/h4-6,8-10,16H,3,7H2,1-2H3/t10-/m1/s1. The first-order chi connectivity index (χ1) is 10.8. The molecule has 1 atom stereocenters. The number of hydrogen-bond acceptors (Lipinski definition) is 6. The van der Waals surface area contributed by atoms with Gasteiger partial charge in [-0.05, 0) is 18.9 Å². The Hall–Kier alpha value is -2.33. The maximum Gasteiger partial charge on any atom is 0.270 e. The van der Waals surface area contributed by atoms with Crippen molar-refractivity contribution >= 4 is 15.7 Å². The molecule has 0 fully saturated rings. The van der Waals surface area contributed by atoms with E-state index in [1.54, 1.807) is 13.8 Å². The topological polar surface area (TPSA) is 120 Å². The van der Waals surface area contributed by atoms with Gasteiger partial charge in [-0.25, -0.2) is 18.1 Å². The molecule has 0 saturated heterocycles. The minimum atomic E-state index is -3.88. The maximum absolute atomic E-state index is 12.5. The maximum atomic E-state index is 12.5. The number of nitrogens with zero attached hydrogens (tertiary/aromatic N) is 4. The minimum absolute atomic E-state index is 0.0698. The molecule has 9 nitrogen and oxygen atoms in total. The first kappa shape index (κ1) is 17.0. The fraction of sp³-hybridized carbons (Fsp3) is 0.385. The summed E-state index contributed by atoms with van der Waals surface area (Å²) in [6.45, 7) is 3.77. The molecule has 2 rings (SSSR count). The van der Waals surface area contributed by atoms with Crippen LogP contribution >= 0.6 is 0 Å². The van der Waals surface area contributed by atoms with Gasteiger partial charge in [-0.3, -0.25) is 14.8 Å². The first-order valence-electron chi connectivity index (χ1n) is 6.95. The van der Waals surface area contributed by atoms with Gasteiger partial charge in [0.25, 0.3) is 5.69 Å². The predicted octanol–water partition coefficient (Wildman–Crippen LogP) is 1.12. The number of rotatable bonds is 7. The summed E-state index contributed by atoms with van der Waals surface area (Å²) in [4.78, 5) is 14.0. The van der Waals surface area contributed by atoms with E-state index in [0.29, 0.717) is 18.5 Å². The second-order valence-corrected chi connectivity index (χ2v) is 6.72. The lowest BCUT2D eigenvalue weighted by molar-refractivity contribution is -0.385. The van der Waals surface area contributed by atoms with Gasteiger partial charge in [0.1, 0.15) is 12.7 Å². The Balaban J connectivity index is 2.27. The molecule has 0 aliphatic carbocycles. The summed E-state index contributed by atoms with van der Waals surface area (Å²) in [6.07, 6.45) is 3.29. The summed E-state index contributed by atoms with van der Waals surface area (Å²) >= 11 is 0. The number of nitrogens with one attached hydrogen (secondary N) is 1. The fourth-order valence-corrected chi connectivity index (χ4v) is 3.74. The Labute approximate surface area is 133 Å². The molecule has 0 unspecified atom stereocenters. The van der Waals surface area contributed by atoms with Crippen molar-refractivity contribution in [2.45, 2.75) is 37.8 Å². The lowest BCUT2D eigenvalue weighted by atomic mass is 10.1. The molecule has 1 aromatic carbocycles. The zero-order valence-corrected chi connectivity index (χ0v) is 13.5. The van der Waals surface area contributed by atoms with Gasteiger partial charge in [0, 0.05) is 18.2 Å². The monoisotopic (exact) mass is 339 g/mol. The van der Waals surface area contributed by atoms with Crippen molar-refractivity contribution in [2.75, 3.05) is 0 Å². The molecule has 0 saturated carbocycles. The molecule has 0 amide bonds. The van der Waals surface area contributed by atoms with E-state index in [1.165, 1.54) is 29.5 Å². The van der Waals surface area contributed by atoms with Crippen molar-refractivity contribution in [1.82, 2.24) is 19.5 Å². The highest BCUT2D eigenvalue weighted by Gasteiger charge is 2.23. The van der Waals surface area contributed by atoms with Crippen molar-refractivity contribution in [1.29, 1.82) is 0 Å². The summed E-state index contributed by atoms with van der Waals surface area (Å²) in [6, 6.07) is 3.40. The van der Waals surface area contributed by atoms with Crippen molar-refractivity contribution in [3.8, 4) is 0 Å². The van der Waals surface area contributed by atoms with E-state index in [0.717, 1.165) is 6.07 Å². The van der Waals surface area contributed by atoms with Gasteiger partial charge in [0.15, 0.2) is 0 Å². The quantitative estimate of drug-likeness (QED) is 0.596. The van der Waals surface area contributed by atoms with E-state index in [1.807, 2.05) is 0 Å². The fourth-order valence-electron chi connectivity index (χ4n) is 2.17. The number of benzene rings is 1. The Morgan fingerprint density at radius 3 is 2.74 bits per heavy atom. The lowest BCUT2D eigenvalue weighted by Gasteiger charge is -2.15. The molecule has 0 aliphatic rings. The average molecular weight is 339 g/mol. The lowest BCUT2D eigenvalue weighted by Crippen LogP contribution is -2.36. The highest BCUT2D eigenvalue weighted by molar-refractivity contribution is 7.89. The smallest absolute Gasteiger partial charge is 0.258 e. The van der Waals surface area contributed by atoms with Crippen molar-refractivity contribution in [2.24, 2.45) is 0 Å². The summed E-state index contributed by atoms with van der Waals surface area (Å²) in [5.74, 6) is 0. The molecule has 0 aliphatic heterocycles. The van der Waals surface area contributed by atoms with Crippen LogP contribution in [0.2, 0.25) is 0 Å². The van der Waals surface area contributed by atoms with E-state index >= 15 is 0 Å². The molecule has 0 radical (unpaired) electrons. The highest BCUT2D eigenvalue weighted by atomic mass is 32.2. The van der Waals surface area contributed by atoms with Crippen LogP contribution in [0.3, 0.4) is 0 Å². The largest absolute Gasteiger partial charge is 0.270 e. The van der Waals surface area contributed by atoms with E-state index < -0.39 is 21.0 Å². The van der Waals surface area contributed by atoms with Crippen LogP contribution in [0.15, 0.2) is 35.7 Å². The van der Waals surface area contributed by atoms with E-state index in [2.05, 4.69) is 14.8 Å². The Bertz CT molecular complexity index is 789. The molecule has 1 N–H and O–H groups in total. The Kier molecular flexibility index (Phi) is 5.06. The van der Waals surface area contributed by atoms with Gasteiger partial charge in [-0.2, -0.15) is 5.10 Å². The molecule has 124 valence electrons. The van der Waals surface area contributed by atoms with E-state index in [9.17, 15) is 18.5 Å². The molecule has 1 heterocycles. The van der Waals surface area contributed by atoms with E-state index in [-0.39, 0.29) is 10.6 Å². The predicted molar refractivity (Wildman–Crippen MR) is 82.3 cm³/mol. The Morgan fingerprint density at radius 1 is 1.43 bits per heavy atom. The third-order valence-corrected chi connectivity index (χ3v) is 4.89. The Morgan fingerprint density at radius 2 is 2.17 bits per heavy atom. The van der Waals surface area contributed by atoms with E-state index in [4.69, 9.17) is 0 Å². The van der Waals surface area contributed by atoms with Crippen molar-refractivity contribution in [3.05, 3.63) is 46.5 Å². The second-order valence-electron chi connectivity index (χ2n) is 5.04. The van der Waals surface area contributed by atoms with Crippen LogP contribution in [0, 0.1) is 10.1 Å². The third-order valence-electron chi connectivity index (χ3n) is 3.22. The van der Waals surface area contributed by atoms with Gasteiger partial charge in [-0.1, -0.05) is 13.0 Å². The van der Waals surface area contributed by atoms with Crippen molar-refractivity contribution in [3.63, 3.8) is 0 Å². The number of nitro groups is 1. The first-order valence-corrected chi connectivity index (χ1v) is 8.44. The molecule has 23 heavy (non-hydrogen) atoms. The van der Waals surface area contributed by atoms with Gasteiger partial charge in [-0.15, -0.1) is 0 Å². The second kappa shape index (κ2) is 6.84. The molecule has 10 heteroatoms. The van der Waals surface area contributed by atoms with Gasteiger partial charge in [0.05, 0.1) is 16.4 Å².